The highest BCUT2D eigenvalue weighted by Crippen LogP contribution is 2.44. The minimum Gasteiger partial charge on any atom is -0.384 e. The van der Waals surface area contributed by atoms with Gasteiger partial charge >= 0.3 is 0 Å². The molecule has 198 valence electrons. The Morgan fingerprint density at radius 3 is 2.73 bits per heavy atom. The van der Waals surface area contributed by atoms with Crippen molar-refractivity contribution in [1.82, 2.24) is 19.8 Å². The molecular weight excluding hydrogens is 468 g/mol. The number of H-pyrrole nitrogens is 1. The number of hydrogen-bond acceptors (Lipinski definition) is 7. The number of rotatable bonds is 5. The molecule has 6 rings (SSSR count). The van der Waals surface area contributed by atoms with Gasteiger partial charge in [0.05, 0.1) is 18.9 Å². The summed E-state index contributed by atoms with van der Waals surface area (Å²) in [5.41, 5.74) is 5.11. The van der Waals surface area contributed by atoms with Crippen LogP contribution >= 0.6 is 0 Å². The molecule has 0 bridgehead atoms. The highest BCUT2D eigenvalue weighted by atomic mass is 16.5. The summed E-state index contributed by atoms with van der Waals surface area (Å²) >= 11 is 0. The van der Waals surface area contributed by atoms with Gasteiger partial charge in [0.25, 0.3) is 11.5 Å². The molecule has 1 aromatic heterocycles. The molecule has 1 spiro atoms. The number of morpholine rings is 1. The Kier molecular flexibility index (Phi) is 6.67. The van der Waals surface area contributed by atoms with Crippen LogP contribution in [0.5, 0.6) is 0 Å². The van der Waals surface area contributed by atoms with E-state index < -0.39 is 0 Å². The van der Waals surface area contributed by atoms with Crippen molar-refractivity contribution in [2.45, 2.75) is 43.9 Å². The minimum atomic E-state index is 0.0416. The number of hydrogen-bond donors (Lipinski definition) is 2. The molecule has 0 saturated carbocycles. The number of aryl methyl sites for hydroxylation is 1. The first-order chi connectivity index (χ1) is 18.0. The van der Waals surface area contributed by atoms with Crippen molar-refractivity contribution in [3.05, 3.63) is 50.9 Å². The zero-order chi connectivity index (χ0) is 25.4. The van der Waals surface area contributed by atoms with Crippen molar-refractivity contribution in [2.75, 3.05) is 76.3 Å². The lowest BCUT2D eigenvalue weighted by atomic mass is 9.74. The molecule has 2 aromatic rings. The Morgan fingerprint density at radius 1 is 1.14 bits per heavy atom. The van der Waals surface area contributed by atoms with Crippen LogP contribution in [-0.2, 0) is 23.0 Å². The number of fused-ring (bicyclic) bond motifs is 3. The van der Waals surface area contributed by atoms with Crippen LogP contribution < -0.4 is 15.8 Å². The van der Waals surface area contributed by atoms with Crippen LogP contribution in [0.25, 0.3) is 0 Å². The van der Waals surface area contributed by atoms with Gasteiger partial charge in [-0.3, -0.25) is 19.5 Å². The number of nitrogens with one attached hydrogen (secondary N) is 2. The summed E-state index contributed by atoms with van der Waals surface area (Å²) in [5, 5.41) is 3.60. The SMILES string of the molecule is CN(CCN1CCOCC1)C(=O)c1ccc2c(c1)NCC21CCN(c2nc3c(c(=O)[nH]2)CCCC3)CC1. The van der Waals surface area contributed by atoms with Crippen LogP contribution in [0.15, 0.2) is 23.0 Å². The molecule has 2 fully saturated rings. The molecule has 2 N–H and O–H groups in total. The first kappa shape index (κ1) is 24.4. The van der Waals surface area contributed by atoms with Gasteiger partial charge in [0, 0.05) is 75.1 Å². The van der Waals surface area contributed by atoms with E-state index in [-0.39, 0.29) is 16.9 Å². The number of amides is 1. The van der Waals surface area contributed by atoms with E-state index in [0.29, 0.717) is 6.54 Å². The van der Waals surface area contributed by atoms with Gasteiger partial charge in [-0.15, -0.1) is 0 Å². The largest absolute Gasteiger partial charge is 0.384 e. The number of aromatic amines is 1. The highest BCUT2D eigenvalue weighted by Gasteiger charge is 2.42. The van der Waals surface area contributed by atoms with Crippen LogP contribution in [0.4, 0.5) is 11.6 Å². The number of benzene rings is 1. The number of ether oxygens (including phenoxy) is 1. The van der Waals surface area contributed by atoms with Gasteiger partial charge in [-0.1, -0.05) is 6.07 Å². The molecular formula is C28H38N6O3. The minimum absolute atomic E-state index is 0.0416. The maximum atomic E-state index is 13.1. The van der Waals surface area contributed by atoms with Gasteiger partial charge in [-0.2, -0.15) is 0 Å². The van der Waals surface area contributed by atoms with Crippen LogP contribution in [0.1, 0.15) is 52.9 Å². The predicted octanol–water partition coefficient (Wildman–Crippen LogP) is 2.02. The second-order valence-corrected chi connectivity index (χ2v) is 11.1. The monoisotopic (exact) mass is 506 g/mol. The van der Waals surface area contributed by atoms with Crippen LogP contribution in [-0.4, -0.2) is 91.7 Å². The summed E-state index contributed by atoms with van der Waals surface area (Å²) < 4.78 is 5.42. The summed E-state index contributed by atoms with van der Waals surface area (Å²) in [5.74, 6) is 0.795. The van der Waals surface area contributed by atoms with Gasteiger partial charge in [-0.25, -0.2) is 4.98 Å². The zero-order valence-corrected chi connectivity index (χ0v) is 21.9. The van der Waals surface area contributed by atoms with E-state index in [0.717, 1.165) is 119 Å². The van der Waals surface area contributed by atoms with Gasteiger partial charge < -0.3 is 19.9 Å². The smallest absolute Gasteiger partial charge is 0.255 e. The van der Waals surface area contributed by atoms with Crippen molar-refractivity contribution in [3.8, 4) is 0 Å². The van der Waals surface area contributed by atoms with E-state index in [1.165, 1.54) is 5.56 Å². The third-order valence-corrected chi connectivity index (χ3v) is 8.86. The number of aromatic nitrogens is 2. The normalized spacial score (nSPS) is 20.8. The van der Waals surface area contributed by atoms with E-state index in [1.54, 1.807) is 0 Å². The second kappa shape index (κ2) is 10.1. The van der Waals surface area contributed by atoms with E-state index in [4.69, 9.17) is 9.72 Å². The van der Waals surface area contributed by atoms with E-state index >= 15 is 0 Å². The summed E-state index contributed by atoms with van der Waals surface area (Å²) in [4.78, 5) is 40.1. The van der Waals surface area contributed by atoms with E-state index in [2.05, 4.69) is 26.2 Å². The summed E-state index contributed by atoms with van der Waals surface area (Å²) in [6.45, 7) is 7.59. The fourth-order valence-corrected chi connectivity index (χ4v) is 6.42. The molecule has 0 unspecified atom stereocenters. The Balaban J connectivity index is 1.11. The van der Waals surface area contributed by atoms with Crippen molar-refractivity contribution in [3.63, 3.8) is 0 Å². The van der Waals surface area contributed by atoms with Gasteiger partial charge in [0.1, 0.15) is 0 Å². The average Bonchev–Trinajstić information content (AvgIpc) is 3.29. The Morgan fingerprint density at radius 2 is 1.92 bits per heavy atom. The third kappa shape index (κ3) is 4.75. The molecule has 2 saturated heterocycles. The Bertz CT molecular complexity index is 1210. The topological polar surface area (TPSA) is 93.8 Å². The molecule has 1 aromatic carbocycles. The highest BCUT2D eigenvalue weighted by molar-refractivity contribution is 5.95. The van der Waals surface area contributed by atoms with Crippen molar-refractivity contribution >= 4 is 17.5 Å². The fourth-order valence-electron chi connectivity index (χ4n) is 6.42. The van der Waals surface area contributed by atoms with Gasteiger partial charge in [-0.05, 0) is 56.2 Å². The molecule has 0 atom stereocenters. The standard InChI is InChI=1S/C28H38N6O3/c1-32(12-13-33-14-16-37-17-15-33)26(36)20-6-7-22-24(18-20)29-19-28(22)8-10-34(11-9-28)27-30-23-5-3-2-4-21(23)25(35)31-27/h6-7,18,29H,2-5,8-17,19H2,1H3,(H,30,31,35). The molecule has 9 nitrogen and oxygen atoms in total. The number of carbonyl (C=O) groups is 1. The van der Waals surface area contributed by atoms with Gasteiger partial charge in [0.15, 0.2) is 0 Å². The molecule has 3 aliphatic heterocycles. The van der Waals surface area contributed by atoms with E-state index in [9.17, 15) is 9.59 Å². The Labute approximate surface area is 218 Å². The van der Waals surface area contributed by atoms with Gasteiger partial charge in [0.2, 0.25) is 5.95 Å². The lowest BCUT2D eigenvalue weighted by Gasteiger charge is -2.39. The third-order valence-electron chi connectivity index (χ3n) is 8.86. The molecule has 4 aliphatic rings. The fraction of sp³-hybridized carbons (Fsp3) is 0.607. The number of carbonyl (C=O) groups excluding carboxylic acids is 1. The first-order valence-electron chi connectivity index (χ1n) is 13.8. The zero-order valence-electron chi connectivity index (χ0n) is 21.9. The summed E-state index contributed by atoms with van der Waals surface area (Å²) in [6.07, 6.45) is 5.92. The van der Waals surface area contributed by atoms with E-state index in [1.807, 2.05) is 24.1 Å². The maximum absolute atomic E-state index is 13.1. The lowest BCUT2D eigenvalue weighted by Crippen LogP contribution is -2.45. The van der Waals surface area contributed by atoms with Crippen LogP contribution in [0.3, 0.4) is 0 Å². The van der Waals surface area contributed by atoms with Crippen LogP contribution in [0.2, 0.25) is 0 Å². The molecule has 1 amide bonds. The first-order valence-corrected chi connectivity index (χ1v) is 13.8. The lowest BCUT2D eigenvalue weighted by molar-refractivity contribution is 0.0338. The maximum Gasteiger partial charge on any atom is 0.255 e. The quantitative estimate of drug-likeness (QED) is 0.641. The number of anilines is 2. The molecule has 1 aliphatic carbocycles. The van der Waals surface area contributed by atoms with Crippen molar-refractivity contribution in [1.29, 1.82) is 0 Å². The molecule has 9 heteroatoms. The summed E-state index contributed by atoms with van der Waals surface area (Å²) in [7, 11) is 1.89. The predicted molar refractivity (Wildman–Crippen MR) is 144 cm³/mol. The van der Waals surface area contributed by atoms with Crippen molar-refractivity contribution < 1.29 is 9.53 Å². The number of piperidine rings is 1. The average molecular weight is 507 g/mol. The molecule has 4 heterocycles. The molecule has 0 radical (unpaired) electrons. The second-order valence-electron chi connectivity index (χ2n) is 11.1. The van der Waals surface area contributed by atoms with Crippen LogP contribution in [0, 0.1) is 0 Å². The number of nitrogens with zero attached hydrogens (tertiary/aromatic N) is 4. The van der Waals surface area contributed by atoms with Crippen molar-refractivity contribution in [2.24, 2.45) is 0 Å². The summed E-state index contributed by atoms with van der Waals surface area (Å²) in [6, 6.07) is 6.19. The Hall–Kier alpha value is -2.91. The molecule has 37 heavy (non-hydrogen) atoms. The number of likely N-dealkylation sites (N-methyl/N-ethyl adjacent to an activating group) is 1.